The van der Waals surface area contributed by atoms with E-state index in [1.807, 2.05) is 0 Å². The molecule has 0 aliphatic carbocycles. The zero-order valence-corrected chi connectivity index (χ0v) is 8.85. The Kier molecular flexibility index (Phi) is 1.94. The molecule has 1 nitrogen and oxygen atoms in total. The summed E-state index contributed by atoms with van der Waals surface area (Å²) in [6.07, 6.45) is 0. The van der Waals surface area contributed by atoms with Crippen LogP contribution in [0.2, 0.25) is 0 Å². The second-order valence-corrected chi connectivity index (χ2v) is 4.97. The van der Waals surface area contributed by atoms with Crippen molar-refractivity contribution in [2.45, 2.75) is 9.79 Å². The maximum absolute atomic E-state index is 13.0. The molecule has 0 unspecified atom stereocenters. The lowest BCUT2D eigenvalue weighted by Gasteiger charge is -1.98. The minimum absolute atomic E-state index is 0.417. The van der Waals surface area contributed by atoms with Gasteiger partial charge < -0.3 is 0 Å². The Labute approximate surface area is 93.2 Å². The summed E-state index contributed by atoms with van der Waals surface area (Å²) in [5.74, 6) is -0.860. The van der Waals surface area contributed by atoms with Crippen LogP contribution in [0, 0.1) is 11.6 Å². The summed E-state index contributed by atoms with van der Waals surface area (Å²) >= 11 is 0. The van der Waals surface area contributed by atoms with Crippen LogP contribution in [0.25, 0.3) is 11.1 Å². The Morgan fingerprint density at radius 3 is 1.69 bits per heavy atom. The van der Waals surface area contributed by atoms with Crippen LogP contribution < -0.4 is 0 Å². The molecule has 4 heteroatoms. The Morgan fingerprint density at radius 2 is 1.25 bits per heavy atom. The van der Waals surface area contributed by atoms with Gasteiger partial charge in [-0.25, -0.2) is 13.0 Å². The van der Waals surface area contributed by atoms with Gasteiger partial charge in [0.05, 0.1) is 20.6 Å². The normalized spacial score (nSPS) is 13.6. The molecule has 1 heterocycles. The Morgan fingerprint density at radius 1 is 0.812 bits per heavy atom. The highest BCUT2D eigenvalue weighted by Gasteiger charge is 2.26. The highest BCUT2D eigenvalue weighted by Crippen LogP contribution is 2.40. The molecule has 0 bridgehead atoms. The van der Waals surface area contributed by atoms with E-state index in [9.17, 15) is 13.0 Å². The number of fused-ring (bicyclic) bond motifs is 3. The maximum Gasteiger partial charge on any atom is 0.124 e. The third kappa shape index (κ3) is 1.23. The topological polar surface area (TPSA) is 17.1 Å². The van der Waals surface area contributed by atoms with Gasteiger partial charge in [-0.05, 0) is 35.4 Å². The first-order chi connectivity index (χ1) is 7.66. The van der Waals surface area contributed by atoms with Gasteiger partial charge in [-0.2, -0.15) is 0 Å². The summed E-state index contributed by atoms with van der Waals surface area (Å²) in [5.41, 5.74) is 1.43. The van der Waals surface area contributed by atoms with Crippen molar-refractivity contribution >= 4 is 10.8 Å². The lowest BCUT2D eigenvalue weighted by Crippen LogP contribution is -1.87. The van der Waals surface area contributed by atoms with Crippen LogP contribution in [-0.2, 0) is 10.8 Å². The first-order valence-electron chi connectivity index (χ1n) is 4.68. The SMILES string of the molecule is O=S1c2cc(F)ccc2-c2ccc(F)cc21. The van der Waals surface area contributed by atoms with Gasteiger partial charge in [-0.1, -0.05) is 12.1 Å². The lowest BCUT2D eigenvalue weighted by molar-refractivity contribution is 0.622. The van der Waals surface area contributed by atoms with Crippen molar-refractivity contribution in [3.05, 3.63) is 48.0 Å². The molecule has 2 aromatic carbocycles. The molecule has 0 atom stereocenters. The fourth-order valence-electron chi connectivity index (χ4n) is 1.86. The van der Waals surface area contributed by atoms with Gasteiger partial charge in [0.2, 0.25) is 0 Å². The summed E-state index contributed by atoms with van der Waals surface area (Å²) in [5, 5.41) is 0. The predicted molar refractivity (Wildman–Crippen MR) is 56.5 cm³/mol. The number of hydrogen-bond donors (Lipinski definition) is 0. The van der Waals surface area contributed by atoms with Crippen LogP contribution in [-0.4, -0.2) is 4.21 Å². The van der Waals surface area contributed by atoms with Gasteiger partial charge in [0.15, 0.2) is 0 Å². The van der Waals surface area contributed by atoms with E-state index in [1.165, 1.54) is 24.3 Å². The number of benzene rings is 2. The summed E-state index contributed by atoms with van der Waals surface area (Å²) in [4.78, 5) is 0.834. The van der Waals surface area contributed by atoms with E-state index >= 15 is 0 Å². The average Bonchev–Trinajstić information content (AvgIpc) is 2.53. The summed E-state index contributed by atoms with van der Waals surface area (Å²) < 4.78 is 38.0. The molecule has 2 aromatic rings. The van der Waals surface area contributed by atoms with E-state index in [2.05, 4.69) is 0 Å². The zero-order chi connectivity index (χ0) is 11.3. The van der Waals surface area contributed by atoms with Crippen LogP contribution >= 0.6 is 0 Å². The van der Waals surface area contributed by atoms with Crippen LogP contribution in [0.1, 0.15) is 0 Å². The molecule has 0 radical (unpaired) electrons. The minimum atomic E-state index is -1.47. The minimum Gasteiger partial charge on any atom is -0.249 e. The van der Waals surface area contributed by atoms with Crippen molar-refractivity contribution in [3.63, 3.8) is 0 Å². The predicted octanol–water partition coefficient (Wildman–Crippen LogP) is 3.11. The van der Waals surface area contributed by atoms with E-state index in [1.54, 1.807) is 12.1 Å². The van der Waals surface area contributed by atoms with Crippen molar-refractivity contribution in [3.8, 4) is 11.1 Å². The summed E-state index contributed by atoms with van der Waals surface area (Å²) in [7, 11) is -1.47. The number of rotatable bonds is 0. The molecule has 80 valence electrons. The van der Waals surface area contributed by atoms with Gasteiger partial charge in [0.1, 0.15) is 11.6 Å². The highest BCUT2D eigenvalue weighted by atomic mass is 32.2. The van der Waals surface area contributed by atoms with E-state index in [-0.39, 0.29) is 0 Å². The van der Waals surface area contributed by atoms with Gasteiger partial charge in [0, 0.05) is 0 Å². The van der Waals surface area contributed by atoms with E-state index in [0.29, 0.717) is 9.79 Å². The van der Waals surface area contributed by atoms with Crippen molar-refractivity contribution in [2.24, 2.45) is 0 Å². The molecule has 1 aliphatic rings. The van der Waals surface area contributed by atoms with E-state index in [4.69, 9.17) is 0 Å². The smallest absolute Gasteiger partial charge is 0.124 e. The molecule has 0 amide bonds. The largest absolute Gasteiger partial charge is 0.249 e. The van der Waals surface area contributed by atoms with Crippen LogP contribution in [0.4, 0.5) is 8.78 Å². The fourth-order valence-corrected chi connectivity index (χ4v) is 3.29. The third-order valence-electron chi connectivity index (χ3n) is 2.58. The first-order valence-corrected chi connectivity index (χ1v) is 5.83. The second-order valence-electron chi connectivity index (χ2n) is 3.55. The van der Waals surface area contributed by atoms with E-state index < -0.39 is 22.4 Å². The maximum atomic E-state index is 13.0. The zero-order valence-electron chi connectivity index (χ0n) is 8.04. The van der Waals surface area contributed by atoms with Crippen molar-refractivity contribution in [1.29, 1.82) is 0 Å². The summed E-state index contributed by atoms with van der Waals surface area (Å²) in [6.45, 7) is 0. The third-order valence-corrected chi connectivity index (χ3v) is 4.05. The molecule has 0 N–H and O–H groups in total. The molecule has 0 spiro atoms. The van der Waals surface area contributed by atoms with Gasteiger partial charge in [0.25, 0.3) is 0 Å². The molecule has 0 saturated heterocycles. The van der Waals surface area contributed by atoms with Gasteiger partial charge in [-0.15, -0.1) is 0 Å². The molecule has 0 saturated carbocycles. The highest BCUT2D eigenvalue weighted by molar-refractivity contribution is 7.85. The van der Waals surface area contributed by atoms with Gasteiger partial charge >= 0.3 is 0 Å². The Hall–Kier alpha value is -1.55. The van der Waals surface area contributed by atoms with Crippen molar-refractivity contribution in [2.75, 3.05) is 0 Å². The van der Waals surface area contributed by atoms with E-state index in [0.717, 1.165) is 11.1 Å². The number of hydrogen-bond acceptors (Lipinski definition) is 1. The molecule has 1 aliphatic heterocycles. The quantitative estimate of drug-likeness (QED) is 0.586. The van der Waals surface area contributed by atoms with Gasteiger partial charge in [-0.3, -0.25) is 0 Å². The molecule has 0 fully saturated rings. The number of halogens is 2. The lowest BCUT2D eigenvalue weighted by atomic mass is 10.1. The van der Waals surface area contributed by atoms with Crippen LogP contribution in [0.15, 0.2) is 46.2 Å². The average molecular weight is 236 g/mol. The van der Waals surface area contributed by atoms with Crippen LogP contribution in [0.5, 0.6) is 0 Å². The first kappa shape index (κ1) is 9.66. The summed E-state index contributed by atoms with van der Waals surface area (Å²) in [6, 6.07) is 8.26. The van der Waals surface area contributed by atoms with Crippen LogP contribution in [0.3, 0.4) is 0 Å². The Bertz CT molecular complexity index is 569. The molecular formula is C12H6F2OS. The fraction of sp³-hybridized carbons (Fsp3) is 0. The molecule has 3 rings (SSSR count). The van der Waals surface area contributed by atoms with Crippen molar-refractivity contribution < 1.29 is 13.0 Å². The second kappa shape index (κ2) is 3.22. The molecule has 0 aromatic heterocycles. The molecular weight excluding hydrogens is 230 g/mol. The monoisotopic (exact) mass is 236 g/mol. The van der Waals surface area contributed by atoms with Crippen molar-refractivity contribution in [1.82, 2.24) is 0 Å². The molecule has 16 heavy (non-hydrogen) atoms. The Balaban J connectivity index is 2.34. The standard InChI is InChI=1S/C12H6F2OS/c13-7-1-3-9-10-4-2-8(14)6-12(10)16(15)11(9)5-7/h1-6H.